The maximum Gasteiger partial charge on any atom is 0.160 e. The van der Waals surface area contributed by atoms with Crippen LogP contribution < -0.4 is 0 Å². The lowest BCUT2D eigenvalue weighted by atomic mass is 9.94. The minimum Gasteiger partial charge on any atom is -0.309 e. The Morgan fingerprint density at radius 2 is 0.909 bits per heavy atom. The molecule has 3 heterocycles. The summed E-state index contributed by atoms with van der Waals surface area (Å²) in [4.78, 5) is 15.5. The van der Waals surface area contributed by atoms with Crippen molar-refractivity contribution in [2.75, 3.05) is 0 Å². The van der Waals surface area contributed by atoms with E-state index in [1.54, 1.807) is 0 Å². The minimum atomic E-state index is 0.724. The van der Waals surface area contributed by atoms with E-state index in [2.05, 4.69) is 168 Å². The Labute approximate surface area is 317 Å². The van der Waals surface area contributed by atoms with Gasteiger partial charge in [0.05, 0.1) is 33.5 Å². The van der Waals surface area contributed by atoms with Crippen LogP contribution in [0, 0.1) is 0 Å². The molecule has 0 amide bonds. The second kappa shape index (κ2) is 12.6. The van der Waals surface area contributed by atoms with Crippen LogP contribution in [0.15, 0.2) is 194 Å². The molecule has 0 unspecified atom stereocenters. The molecule has 11 aromatic rings. The zero-order valence-electron chi connectivity index (χ0n) is 29.8. The van der Waals surface area contributed by atoms with E-state index in [1.165, 1.54) is 32.6 Å². The van der Waals surface area contributed by atoms with Crippen molar-refractivity contribution in [1.29, 1.82) is 0 Å². The number of fused-ring (bicyclic) bond motifs is 8. The summed E-state index contributed by atoms with van der Waals surface area (Å²) in [5, 5.41) is 6.97. The van der Waals surface area contributed by atoms with E-state index in [0.29, 0.717) is 0 Å². The first kappa shape index (κ1) is 31.1. The molecule has 256 valence electrons. The van der Waals surface area contributed by atoms with Gasteiger partial charge in [-0.1, -0.05) is 158 Å². The summed E-state index contributed by atoms with van der Waals surface area (Å²) in [6, 6.07) is 68.4. The first-order valence-corrected chi connectivity index (χ1v) is 18.6. The van der Waals surface area contributed by atoms with E-state index in [-0.39, 0.29) is 0 Å². The van der Waals surface area contributed by atoms with Gasteiger partial charge in [0.2, 0.25) is 0 Å². The van der Waals surface area contributed by atoms with Crippen molar-refractivity contribution in [3.8, 4) is 50.7 Å². The summed E-state index contributed by atoms with van der Waals surface area (Å²) in [5.74, 6) is 0.724. The van der Waals surface area contributed by atoms with Crippen molar-refractivity contribution >= 4 is 54.4 Å². The number of hydrogen-bond donors (Lipinski definition) is 0. The van der Waals surface area contributed by atoms with Crippen LogP contribution in [0.25, 0.3) is 105 Å². The largest absolute Gasteiger partial charge is 0.309 e. The molecule has 8 aromatic carbocycles. The topological polar surface area (TPSA) is 43.6 Å². The predicted molar refractivity (Wildman–Crippen MR) is 228 cm³/mol. The molecule has 0 aliphatic heterocycles. The quantitative estimate of drug-likeness (QED) is 0.168. The fourth-order valence-corrected chi connectivity index (χ4v) is 8.23. The van der Waals surface area contributed by atoms with Crippen LogP contribution in [0.5, 0.6) is 0 Å². The monoisotopic (exact) mass is 700 g/mol. The Morgan fingerprint density at radius 1 is 0.309 bits per heavy atom. The van der Waals surface area contributed by atoms with E-state index < -0.39 is 0 Å². The second-order valence-corrected chi connectivity index (χ2v) is 14.0. The Morgan fingerprint density at radius 3 is 1.69 bits per heavy atom. The van der Waals surface area contributed by atoms with E-state index in [1.807, 2.05) is 30.3 Å². The number of para-hydroxylation sites is 3. The lowest BCUT2D eigenvalue weighted by Crippen LogP contribution is -1.95. The van der Waals surface area contributed by atoms with Crippen LogP contribution in [0.4, 0.5) is 0 Å². The molecule has 0 aliphatic rings. The number of aromatic nitrogens is 4. The molecule has 0 aliphatic carbocycles. The highest BCUT2D eigenvalue weighted by atomic mass is 15.0. The molecule has 0 radical (unpaired) electrons. The van der Waals surface area contributed by atoms with Crippen molar-refractivity contribution < 1.29 is 0 Å². The molecular formula is C51H32N4. The van der Waals surface area contributed by atoms with E-state index >= 15 is 0 Å². The predicted octanol–water partition coefficient (Wildman–Crippen LogP) is 13.1. The van der Waals surface area contributed by atoms with Gasteiger partial charge in [0, 0.05) is 49.3 Å². The summed E-state index contributed by atoms with van der Waals surface area (Å²) in [6.45, 7) is 0. The molecule has 0 N–H and O–H groups in total. The Balaban J connectivity index is 1.09. The molecule has 4 nitrogen and oxygen atoms in total. The Kier molecular flexibility index (Phi) is 7.14. The van der Waals surface area contributed by atoms with Crippen LogP contribution in [-0.2, 0) is 0 Å². The molecule has 0 bridgehead atoms. The number of nitrogens with zero attached hydrogens (tertiary/aromatic N) is 4. The highest BCUT2D eigenvalue weighted by Crippen LogP contribution is 2.43. The van der Waals surface area contributed by atoms with Crippen molar-refractivity contribution in [3.05, 3.63) is 194 Å². The van der Waals surface area contributed by atoms with E-state index in [9.17, 15) is 0 Å². The molecular weight excluding hydrogens is 669 g/mol. The Hall–Kier alpha value is -7.43. The summed E-state index contributed by atoms with van der Waals surface area (Å²) in [5.41, 5.74) is 12.7. The van der Waals surface area contributed by atoms with Gasteiger partial charge < -0.3 is 4.57 Å². The second-order valence-electron chi connectivity index (χ2n) is 14.0. The molecule has 0 fully saturated rings. The zero-order chi connectivity index (χ0) is 36.3. The fraction of sp³-hybridized carbons (Fsp3) is 0. The molecule has 0 saturated heterocycles. The van der Waals surface area contributed by atoms with Crippen LogP contribution >= 0.6 is 0 Å². The van der Waals surface area contributed by atoms with Gasteiger partial charge in [-0.25, -0.2) is 15.0 Å². The fourth-order valence-electron chi connectivity index (χ4n) is 8.23. The molecule has 0 saturated carbocycles. The maximum atomic E-state index is 5.51. The van der Waals surface area contributed by atoms with Crippen molar-refractivity contribution in [1.82, 2.24) is 19.5 Å². The van der Waals surface area contributed by atoms with E-state index in [0.717, 1.165) is 72.5 Å². The van der Waals surface area contributed by atoms with Gasteiger partial charge in [0.25, 0.3) is 0 Å². The molecule has 0 spiro atoms. The smallest absolute Gasteiger partial charge is 0.160 e. The van der Waals surface area contributed by atoms with Crippen LogP contribution in [-0.4, -0.2) is 19.5 Å². The summed E-state index contributed by atoms with van der Waals surface area (Å²) in [7, 11) is 0. The first-order valence-electron chi connectivity index (χ1n) is 18.6. The van der Waals surface area contributed by atoms with Gasteiger partial charge >= 0.3 is 0 Å². The maximum absolute atomic E-state index is 5.51. The lowest BCUT2D eigenvalue weighted by molar-refractivity contribution is 1.18. The van der Waals surface area contributed by atoms with Crippen molar-refractivity contribution in [2.24, 2.45) is 0 Å². The van der Waals surface area contributed by atoms with Crippen molar-refractivity contribution in [2.45, 2.75) is 0 Å². The van der Waals surface area contributed by atoms with Gasteiger partial charge in [0.1, 0.15) is 0 Å². The van der Waals surface area contributed by atoms with E-state index in [4.69, 9.17) is 15.0 Å². The third kappa shape index (κ3) is 5.11. The average molecular weight is 701 g/mol. The first-order chi connectivity index (χ1) is 27.3. The standard InChI is InChI=1S/C51H32N4/c1-4-14-34(15-5-1)50-48-40(30-31-46-47(48)42-21-11-13-23-45(42)55(46)38-18-8-3-9-19-38)39-29-28-37(32-44(39)52-50)33-24-26-35(27-25-33)49-41-20-10-12-22-43(41)53-51(54-49)36-16-6-2-7-17-36/h1-32H. The third-order valence-electron chi connectivity index (χ3n) is 10.8. The molecule has 4 heteroatoms. The van der Waals surface area contributed by atoms with Gasteiger partial charge in [-0.3, -0.25) is 0 Å². The number of hydrogen-bond acceptors (Lipinski definition) is 3. The van der Waals surface area contributed by atoms with Crippen LogP contribution in [0.1, 0.15) is 0 Å². The van der Waals surface area contributed by atoms with Crippen LogP contribution in [0.3, 0.4) is 0 Å². The highest BCUT2D eigenvalue weighted by molar-refractivity contribution is 6.28. The Bertz CT molecular complexity index is 3220. The normalized spacial score (nSPS) is 11.6. The third-order valence-corrected chi connectivity index (χ3v) is 10.8. The van der Waals surface area contributed by atoms with Gasteiger partial charge in [-0.15, -0.1) is 0 Å². The average Bonchev–Trinajstić information content (AvgIpc) is 3.61. The minimum absolute atomic E-state index is 0.724. The molecule has 0 atom stereocenters. The van der Waals surface area contributed by atoms with Gasteiger partial charge in [0.15, 0.2) is 5.82 Å². The number of rotatable bonds is 5. The zero-order valence-corrected chi connectivity index (χ0v) is 29.8. The number of pyridine rings is 1. The molecule has 3 aromatic heterocycles. The summed E-state index contributed by atoms with van der Waals surface area (Å²) < 4.78 is 2.38. The van der Waals surface area contributed by atoms with Gasteiger partial charge in [-0.2, -0.15) is 0 Å². The summed E-state index contributed by atoms with van der Waals surface area (Å²) in [6.07, 6.45) is 0. The molecule has 55 heavy (non-hydrogen) atoms. The summed E-state index contributed by atoms with van der Waals surface area (Å²) >= 11 is 0. The highest BCUT2D eigenvalue weighted by Gasteiger charge is 2.20. The number of benzene rings is 8. The lowest BCUT2D eigenvalue weighted by Gasteiger charge is -2.14. The molecule has 11 rings (SSSR count). The SMILES string of the molecule is c1ccc(-c2nc(-c3ccc(-c4ccc5c(c4)nc(-c4ccccc4)c4c5ccc5c4c4ccccc4n5-c4ccccc4)cc3)c3ccccc3n2)cc1. The van der Waals surface area contributed by atoms with Crippen LogP contribution in [0.2, 0.25) is 0 Å². The van der Waals surface area contributed by atoms with Crippen molar-refractivity contribution in [3.63, 3.8) is 0 Å². The van der Waals surface area contributed by atoms with Gasteiger partial charge in [-0.05, 0) is 52.9 Å².